The van der Waals surface area contributed by atoms with E-state index in [-0.39, 0.29) is 18.0 Å². The molecule has 1 aromatic rings. The second-order valence-corrected chi connectivity index (χ2v) is 5.62. The molecule has 1 aliphatic rings. The molecule has 1 aromatic carbocycles. The summed E-state index contributed by atoms with van der Waals surface area (Å²) in [4.78, 5) is 10.5. The zero-order chi connectivity index (χ0) is 14.8. The Morgan fingerprint density at radius 2 is 2.25 bits per heavy atom. The molecular formula is C14H20N2O4. The van der Waals surface area contributed by atoms with E-state index >= 15 is 0 Å². The number of ether oxygens (including phenoxy) is 1. The second-order valence-electron chi connectivity index (χ2n) is 5.62. The summed E-state index contributed by atoms with van der Waals surface area (Å²) < 4.78 is 5.52. The van der Waals surface area contributed by atoms with Crippen LogP contribution in [0.5, 0.6) is 5.75 Å². The van der Waals surface area contributed by atoms with E-state index in [9.17, 15) is 15.2 Å². The van der Waals surface area contributed by atoms with Gasteiger partial charge < -0.3 is 15.2 Å². The molecule has 6 heteroatoms. The fraction of sp³-hybridized carbons (Fsp3) is 0.571. The van der Waals surface area contributed by atoms with E-state index in [4.69, 9.17) is 4.74 Å². The zero-order valence-corrected chi connectivity index (χ0v) is 11.8. The van der Waals surface area contributed by atoms with Crippen LogP contribution in [0.15, 0.2) is 18.2 Å². The van der Waals surface area contributed by atoms with Crippen molar-refractivity contribution in [1.29, 1.82) is 0 Å². The molecule has 2 N–H and O–H groups in total. The first-order valence-corrected chi connectivity index (χ1v) is 6.72. The Kier molecular flexibility index (Phi) is 4.25. The van der Waals surface area contributed by atoms with Crippen LogP contribution in [0.1, 0.15) is 25.3 Å². The lowest BCUT2D eigenvalue weighted by Gasteiger charge is -2.24. The van der Waals surface area contributed by atoms with E-state index in [1.54, 1.807) is 26.0 Å². The maximum atomic E-state index is 11.0. The van der Waals surface area contributed by atoms with Crippen molar-refractivity contribution in [2.24, 2.45) is 0 Å². The minimum atomic E-state index is -1.06. The van der Waals surface area contributed by atoms with Crippen molar-refractivity contribution in [3.8, 4) is 5.75 Å². The highest BCUT2D eigenvalue weighted by Crippen LogP contribution is 2.30. The highest BCUT2D eigenvalue weighted by Gasteiger charge is 2.28. The van der Waals surface area contributed by atoms with Crippen molar-refractivity contribution in [1.82, 2.24) is 5.32 Å². The van der Waals surface area contributed by atoms with E-state index in [1.165, 1.54) is 6.07 Å². The lowest BCUT2D eigenvalue weighted by atomic mass is 10.1. The Bertz CT molecular complexity index is 498. The number of hydrogen-bond donors (Lipinski definition) is 2. The molecule has 1 aliphatic carbocycles. The predicted molar refractivity (Wildman–Crippen MR) is 75.0 cm³/mol. The summed E-state index contributed by atoms with van der Waals surface area (Å²) in [6.07, 6.45) is 2.28. The van der Waals surface area contributed by atoms with Crippen LogP contribution < -0.4 is 10.1 Å². The monoisotopic (exact) mass is 280 g/mol. The van der Waals surface area contributed by atoms with E-state index in [2.05, 4.69) is 5.32 Å². The van der Waals surface area contributed by atoms with Gasteiger partial charge in [0, 0.05) is 18.7 Å². The number of benzene rings is 1. The maximum absolute atomic E-state index is 11.0. The predicted octanol–water partition coefficient (Wildman–Crippen LogP) is 1.79. The Morgan fingerprint density at radius 1 is 1.55 bits per heavy atom. The van der Waals surface area contributed by atoms with Crippen molar-refractivity contribution in [3.63, 3.8) is 0 Å². The largest absolute Gasteiger partial charge is 0.484 e. The summed E-state index contributed by atoms with van der Waals surface area (Å²) in [6, 6.07) is 5.26. The lowest BCUT2D eigenvalue weighted by molar-refractivity contribution is -0.386. The smallest absolute Gasteiger partial charge is 0.311 e. The number of hydrogen-bond acceptors (Lipinski definition) is 5. The van der Waals surface area contributed by atoms with Crippen LogP contribution in [0.25, 0.3) is 0 Å². The lowest BCUT2D eigenvalue weighted by Crippen LogP contribution is -2.43. The topological polar surface area (TPSA) is 84.6 Å². The highest BCUT2D eigenvalue weighted by molar-refractivity contribution is 5.51. The molecule has 0 amide bonds. The molecule has 0 bridgehead atoms. The Balaban J connectivity index is 2.00. The van der Waals surface area contributed by atoms with Crippen LogP contribution in [-0.4, -0.2) is 34.8 Å². The quantitative estimate of drug-likeness (QED) is 0.587. The van der Waals surface area contributed by atoms with Gasteiger partial charge in [0.05, 0.1) is 4.92 Å². The molecule has 0 saturated heterocycles. The van der Waals surface area contributed by atoms with Crippen LogP contribution >= 0.6 is 0 Å². The molecule has 0 radical (unpaired) electrons. The number of nitro benzene ring substituents is 1. The summed E-state index contributed by atoms with van der Waals surface area (Å²) in [5.74, 6) is 0.226. The fourth-order valence-electron chi connectivity index (χ4n) is 1.90. The third-order valence-corrected chi connectivity index (χ3v) is 3.26. The van der Waals surface area contributed by atoms with Crippen molar-refractivity contribution in [3.05, 3.63) is 33.9 Å². The number of para-hydroxylation sites is 1. The van der Waals surface area contributed by atoms with Crippen molar-refractivity contribution >= 4 is 5.69 Å². The third kappa shape index (κ3) is 3.91. The zero-order valence-electron chi connectivity index (χ0n) is 11.8. The summed E-state index contributed by atoms with van der Waals surface area (Å²) in [7, 11) is 0. The molecule has 0 spiro atoms. The molecule has 1 unspecified atom stereocenters. The van der Waals surface area contributed by atoms with E-state index in [0.29, 0.717) is 18.2 Å². The molecule has 0 aromatic heterocycles. The van der Waals surface area contributed by atoms with E-state index in [1.807, 2.05) is 0 Å². The number of aliphatic hydroxyl groups is 1. The van der Waals surface area contributed by atoms with Crippen molar-refractivity contribution in [2.75, 3.05) is 13.2 Å². The highest BCUT2D eigenvalue weighted by atomic mass is 16.6. The van der Waals surface area contributed by atoms with E-state index in [0.717, 1.165) is 12.8 Å². The minimum absolute atomic E-state index is 0.0123. The summed E-state index contributed by atoms with van der Waals surface area (Å²) in [5.41, 5.74) is -0.445. The molecule has 110 valence electrons. The molecule has 20 heavy (non-hydrogen) atoms. The first kappa shape index (κ1) is 14.7. The van der Waals surface area contributed by atoms with Gasteiger partial charge >= 0.3 is 5.69 Å². The van der Waals surface area contributed by atoms with Gasteiger partial charge in [-0.25, -0.2) is 0 Å². The molecule has 0 aliphatic heterocycles. The number of nitrogens with one attached hydrogen (secondary N) is 1. The number of rotatable bonds is 7. The van der Waals surface area contributed by atoms with Gasteiger partial charge in [0.15, 0.2) is 5.75 Å². The van der Waals surface area contributed by atoms with Gasteiger partial charge in [0.25, 0.3) is 0 Å². The third-order valence-electron chi connectivity index (χ3n) is 3.26. The van der Waals surface area contributed by atoms with Crippen molar-refractivity contribution < 1.29 is 14.8 Å². The van der Waals surface area contributed by atoms with Gasteiger partial charge in [-0.3, -0.25) is 10.1 Å². The molecule has 1 atom stereocenters. The molecular weight excluding hydrogens is 260 g/mol. The van der Waals surface area contributed by atoms with Gasteiger partial charge in [-0.05, 0) is 32.3 Å². The van der Waals surface area contributed by atoms with Crippen LogP contribution in [0, 0.1) is 17.0 Å². The summed E-state index contributed by atoms with van der Waals surface area (Å²) >= 11 is 0. The maximum Gasteiger partial charge on any atom is 0.311 e. The van der Waals surface area contributed by atoms with E-state index < -0.39 is 10.5 Å². The molecule has 1 saturated carbocycles. The van der Waals surface area contributed by atoms with Crippen LogP contribution in [-0.2, 0) is 0 Å². The molecule has 6 nitrogen and oxygen atoms in total. The molecule has 2 rings (SSSR count). The second kappa shape index (κ2) is 5.76. The van der Waals surface area contributed by atoms with Gasteiger partial charge in [-0.2, -0.15) is 0 Å². The summed E-state index contributed by atoms with van der Waals surface area (Å²) in [6.45, 7) is 3.84. The van der Waals surface area contributed by atoms with Crippen LogP contribution in [0.3, 0.4) is 0 Å². The SMILES string of the molecule is Cc1cccc([N+](=O)[O-])c1OCC(C)(O)CNC1CC1. The molecule has 0 heterocycles. The van der Waals surface area contributed by atoms with Crippen molar-refractivity contribution in [2.45, 2.75) is 38.3 Å². The fourth-order valence-corrected chi connectivity index (χ4v) is 1.90. The summed E-state index contributed by atoms with van der Waals surface area (Å²) in [5, 5.41) is 24.4. The Labute approximate surface area is 117 Å². The average molecular weight is 280 g/mol. The number of nitro groups is 1. The van der Waals surface area contributed by atoms with Gasteiger partial charge in [0.2, 0.25) is 0 Å². The first-order chi connectivity index (χ1) is 9.39. The van der Waals surface area contributed by atoms with Crippen LogP contribution in [0.2, 0.25) is 0 Å². The molecule has 1 fully saturated rings. The normalized spacial score (nSPS) is 17.6. The number of aryl methyl sites for hydroxylation is 1. The average Bonchev–Trinajstić information content (AvgIpc) is 3.18. The van der Waals surface area contributed by atoms with Gasteiger partial charge in [-0.15, -0.1) is 0 Å². The van der Waals surface area contributed by atoms with Gasteiger partial charge in [-0.1, -0.05) is 12.1 Å². The first-order valence-electron chi connectivity index (χ1n) is 6.72. The minimum Gasteiger partial charge on any atom is -0.484 e. The van der Waals surface area contributed by atoms with Gasteiger partial charge in [0.1, 0.15) is 12.2 Å². The Hall–Kier alpha value is -1.66. The Morgan fingerprint density at radius 3 is 2.85 bits per heavy atom. The van der Waals surface area contributed by atoms with Crippen LogP contribution in [0.4, 0.5) is 5.69 Å². The standard InChI is InChI=1S/C14H20N2O4/c1-10-4-3-5-12(16(18)19)13(10)20-9-14(2,17)8-15-11-6-7-11/h3-5,11,15,17H,6-9H2,1-2H3. The number of nitrogens with zero attached hydrogens (tertiary/aromatic N) is 1.